The van der Waals surface area contributed by atoms with Crippen molar-refractivity contribution in [2.45, 2.75) is 33.1 Å². The van der Waals surface area contributed by atoms with Gasteiger partial charge in [-0.2, -0.15) is 0 Å². The van der Waals surface area contributed by atoms with E-state index in [0.29, 0.717) is 11.3 Å². The second kappa shape index (κ2) is 4.81. The van der Waals surface area contributed by atoms with Gasteiger partial charge in [-0.25, -0.2) is 4.98 Å². The van der Waals surface area contributed by atoms with Gasteiger partial charge in [-0.1, -0.05) is 20.8 Å². The monoisotopic (exact) mass is 253 g/mol. The summed E-state index contributed by atoms with van der Waals surface area (Å²) in [7, 11) is 0. The third-order valence-electron chi connectivity index (χ3n) is 3.57. The van der Waals surface area contributed by atoms with E-state index in [-0.39, 0.29) is 0 Å². The molecule has 17 heavy (non-hydrogen) atoms. The molecule has 1 aromatic heterocycles. The van der Waals surface area contributed by atoms with Crippen LogP contribution >= 0.6 is 11.6 Å². The molecule has 0 aliphatic carbocycles. The van der Waals surface area contributed by atoms with Gasteiger partial charge in [0.15, 0.2) is 0 Å². The third-order valence-corrected chi connectivity index (χ3v) is 3.84. The minimum atomic E-state index is 0.373. The maximum absolute atomic E-state index is 5.71. The first-order chi connectivity index (χ1) is 8.00. The fourth-order valence-corrected chi connectivity index (χ4v) is 2.39. The van der Waals surface area contributed by atoms with Gasteiger partial charge in [0.2, 0.25) is 0 Å². The Morgan fingerprint density at radius 1 is 1.35 bits per heavy atom. The van der Waals surface area contributed by atoms with Gasteiger partial charge in [-0.15, -0.1) is 11.6 Å². The van der Waals surface area contributed by atoms with Gasteiger partial charge in [-0.3, -0.25) is 4.98 Å². The largest absolute Gasteiger partial charge is 0.355 e. The molecule has 0 spiro atoms. The van der Waals surface area contributed by atoms with Crippen LogP contribution in [0, 0.1) is 11.3 Å². The quantitative estimate of drug-likeness (QED) is 0.759. The van der Waals surface area contributed by atoms with Crippen molar-refractivity contribution in [1.82, 2.24) is 9.97 Å². The Bertz CT molecular complexity index is 369. The summed E-state index contributed by atoms with van der Waals surface area (Å²) in [6, 6.07) is 0. The number of hydrogen-bond acceptors (Lipinski definition) is 3. The number of halogens is 1. The molecule has 1 atom stereocenters. The van der Waals surface area contributed by atoms with Crippen molar-refractivity contribution in [2.75, 3.05) is 18.0 Å². The van der Waals surface area contributed by atoms with Gasteiger partial charge >= 0.3 is 0 Å². The molecule has 1 aliphatic rings. The third kappa shape index (κ3) is 2.89. The average Bonchev–Trinajstić information content (AvgIpc) is 2.78. The SMILES string of the molecule is CC(C)(C)C1CCN(c2cnc(CCl)cn2)C1. The predicted octanol–water partition coefficient (Wildman–Crippen LogP) is 3.09. The Morgan fingerprint density at radius 2 is 2.12 bits per heavy atom. The van der Waals surface area contributed by atoms with E-state index < -0.39 is 0 Å². The molecule has 0 aromatic carbocycles. The van der Waals surface area contributed by atoms with E-state index >= 15 is 0 Å². The number of rotatable bonds is 2. The van der Waals surface area contributed by atoms with Gasteiger partial charge in [0.1, 0.15) is 5.82 Å². The van der Waals surface area contributed by atoms with Crippen LogP contribution in [0.3, 0.4) is 0 Å². The Balaban J connectivity index is 2.05. The van der Waals surface area contributed by atoms with Crippen LogP contribution < -0.4 is 4.90 Å². The van der Waals surface area contributed by atoms with E-state index in [4.69, 9.17) is 11.6 Å². The molecule has 0 bridgehead atoms. The Morgan fingerprint density at radius 3 is 2.59 bits per heavy atom. The summed E-state index contributed by atoms with van der Waals surface area (Å²) < 4.78 is 0. The fraction of sp³-hybridized carbons (Fsp3) is 0.692. The van der Waals surface area contributed by atoms with Crippen LogP contribution in [-0.2, 0) is 5.88 Å². The molecule has 0 radical (unpaired) electrons. The average molecular weight is 254 g/mol. The normalized spacial score (nSPS) is 20.9. The first kappa shape index (κ1) is 12.6. The zero-order chi connectivity index (χ0) is 12.5. The molecule has 1 saturated heterocycles. The minimum absolute atomic E-state index is 0.373. The molecule has 2 heterocycles. The molecule has 2 rings (SSSR count). The van der Waals surface area contributed by atoms with Crippen molar-refractivity contribution in [3.8, 4) is 0 Å². The first-order valence-corrected chi connectivity index (χ1v) is 6.66. The van der Waals surface area contributed by atoms with E-state index in [1.54, 1.807) is 6.20 Å². The summed E-state index contributed by atoms with van der Waals surface area (Å²) in [4.78, 5) is 11.0. The van der Waals surface area contributed by atoms with Crippen LogP contribution in [0.5, 0.6) is 0 Å². The van der Waals surface area contributed by atoms with Crippen LogP contribution in [0.1, 0.15) is 32.9 Å². The van der Waals surface area contributed by atoms with E-state index in [1.165, 1.54) is 6.42 Å². The summed E-state index contributed by atoms with van der Waals surface area (Å²) in [5.41, 5.74) is 1.21. The number of aromatic nitrogens is 2. The van der Waals surface area contributed by atoms with Gasteiger partial charge < -0.3 is 4.90 Å². The highest BCUT2D eigenvalue weighted by atomic mass is 35.5. The Kier molecular flexibility index (Phi) is 3.57. The summed E-state index contributed by atoms with van der Waals surface area (Å²) in [6.45, 7) is 9.09. The Labute approximate surface area is 108 Å². The zero-order valence-corrected chi connectivity index (χ0v) is 11.5. The van der Waals surface area contributed by atoms with E-state index in [0.717, 1.165) is 30.5 Å². The molecule has 1 unspecified atom stereocenters. The minimum Gasteiger partial charge on any atom is -0.355 e. The highest BCUT2D eigenvalue weighted by Gasteiger charge is 2.32. The van der Waals surface area contributed by atoms with Crippen LogP contribution in [0.15, 0.2) is 12.4 Å². The Hall–Kier alpha value is -0.830. The molecule has 94 valence electrons. The summed E-state index contributed by atoms with van der Waals surface area (Å²) >= 11 is 5.71. The summed E-state index contributed by atoms with van der Waals surface area (Å²) in [5, 5.41) is 0. The summed E-state index contributed by atoms with van der Waals surface area (Å²) in [5.74, 6) is 2.14. The van der Waals surface area contributed by atoms with Gasteiger partial charge in [-0.05, 0) is 17.8 Å². The van der Waals surface area contributed by atoms with E-state index in [2.05, 4.69) is 35.6 Å². The molecular formula is C13H20ClN3. The van der Waals surface area contributed by atoms with Crippen molar-refractivity contribution >= 4 is 17.4 Å². The lowest BCUT2D eigenvalue weighted by molar-refractivity contribution is 0.263. The van der Waals surface area contributed by atoms with Crippen molar-refractivity contribution < 1.29 is 0 Å². The second-order valence-electron chi connectivity index (χ2n) is 5.80. The van der Waals surface area contributed by atoms with Crippen LogP contribution in [-0.4, -0.2) is 23.1 Å². The first-order valence-electron chi connectivity index (χ1n) is 6.12. The van der Waals surface area contributed by atoms with Crippen LogP contribution in [0.4, 0.5) is 5.82 Å². The van der Waals surface area contributed by atoms with Gasteiger partial charge in [0.25, 0.3) is 0 Å². The molecular weight excluding hydrogens is 234 g/mol. The smallest absolute Gasteiger partial charge is 0.147 e. The lowest BCUT2D eigenvalue weighted by atomic mass is 9.80. The van der Waals surface area contributed by atoms with Gasteiger partial charge in [0.05, 0.1) is 24.0 Å². The topological polar surface area (TPSA) is 29.0 Å². The van der Waals surface area contributed by atoms with Crippen molar-refractivity contribution in [3.05, 3.63) is 18.1 Å². The lowest BCUT2D eigenvalue weighted by Crippen LogP contribution is -2.26. The standard InChI is InChI=1S/C13H20ClN3/c1-13(2,3)10-4-5-17(9-10)12-8-15-11(6-14)7-16-12/h7-8,10H,4-6,9H2,1-3H3. The van der Waals surface area contributed by atoms with E-state index in [9.17, 15) is 0 Å². The molecule has 1 fully saturated rings. The highest BCUT2D eigenvalue weighted by molar-refractivity contribution is 6.16. The van der Waals surface area contributed by atoms with Crippen molar-refractivity contribution in [3.63, 3.8) is 0 Å². The highest BCUT2D eigenvalue weighted by Crippen LogP contribution is 2.34. The molecule has 1 aliphatic heterocycles. The number of anilines is 1. The van der Waals surface area contributed by atoms with Crippen molar-refractivity contribution in [2.24, 2.45) is 11.3 Å². The number of alkyl halides is 1. The predicted molar refractivity (Wildman–Crippen MR) is 71.4 cm³/mol. The second-order valence-corrected chi connectivity index (χ2v) is 6.06. The molecule has 3 nitrogen and oxygen atoms in total. The van der Waals surface area contributed by atoms with Crippen LogP contribution in [0.25, 0.3) is 0 Å². The molecule has 0 N–H and O–H groups in total. The molecule has 4 heteroatoms. The van der Waals surface area contributed by atoms with E-state index in [1.807, 2.05) is 6.20 Å². The summed E-state index contributed by atoms with van der Waals surface area (Å²) in [6.07, 6.45) is 4.85. The van der Waals surface area contributed by atoms with Crippen molar-refractivity contribution in [1.29, 1.82) is 0 Å². The maximum Gasteiger partial charge on any atom is 0.147 e. The zero-order valence-electron chi connectivity index (χ0n) is 10.8. The molecule has 1 aromatic rings. The fourth-order valence-electron chi connectivity index (χ4n) is 2.26. The molecule has 0 amide bonds. The number of nitrogens with zero attached hydrogens (tertiary/aromatic N) is 3. The van der Waals surface area contributed by atoms with Crippen LogP contribution in [0.2, 0.25) is 0 Å². The maximum atomic E-state index is 5.71. The molecule has 0 saturated carbocycles. The number of hydrogen-bond donors (Lipinski definition) is 0. The van der Waals surface area contributed by atoms with Gasteiger partial charge in [0, 0.05) is 13.1 Å². The lowest BCUT2D eigenvalue weighted by Gasteiger charge is -2.27.